The van der Waals surface area contributed by atoms with Crippen molar-refractivity contribution in [2.75, 3.05) is 13.2 Å². The van der Waals surface area contributed by atoms with Gasteiger partial charge < -0.3 is 19.9 Å². The highest BCUT2D eigenvalue weighted by Crippen LogP contribution is 2.12. The first kappa shape index (κ1) is 17.4. The molecule has 0 aliphatic heterocycles. The van der Waals surface area contributed by atoms with Crippen LogP contribution in [0.4, 0.5) is 4.79 Å². The van der Waals surface area contributed by atoms with E-state index in [1.165, 1.54) is 0 Å². The topological polar surface area (TPSA) is 68.2 Å². The van der Waals surface area contributed by atoms with E-state index in [4.69, 9.17) is 11.2 Å². The van der Waals surface area contributed by atoms with E-state index in [-0.39, 0.29) is 18.7 Å². The smallest absolute Gasteiger partial charge is 0.315 e. The molecule has 0 saturated carbocycles. The van der Waals surface area contributed by atoms with Crippen LogP contribution in [0.3, 0.4) is 0 Å². The molecule has 2 amide bonds. The standard InChI is InChI=1S/C18H22N4O2/c1-3-12-24-17-6-4-16(5-7-17)8-9-20-18(23)21-15(2)13-22-11-10-19-14-22/h1,4-7,10-11,14-15H,8-9,12-13H2,2H3,(H2,20,21,23)/t15-/m0/s1. The van der Waals surface area contributed by atoms with Crippen LogP contribution in [-0.4, -0.2) is 34.8 Å². The summed E-state index contributed by atoms with van der Waals surface area (Å²) in [4.78, 5) is 15.8. The third-order valence-electron chi connectivity index (χ3n) is 3.37. The van der Waals surface area contributed by atoms with Crippen molar-refractivity contribution < 1.29 is 9.53 Å². The van der Waals surface area contributed by atoms with Crippen molar-refractivity contribution in [1.29, 1.82) is 0 Å². The van der Waals surface area contributed by atoms with Gasteiger partial charge in [0.2, 0.25) is 0 Å². The molecule has 1 heterocycles. The number of rotatable bonds is 8. The Morgan fingerprint density at radius 2 is 2.21 bits per heavy atom. The van der Waals surface area contributed by atoms with E-state index in [0.29, 0.717) is 13.1 Å². The van der Waals surface area contributed by atoms with Crippen LogP contribution in [0, 0.1) is 12.3 Å². The van der Waals surface area contributed by atoms with Crippen molar-refractivity contribution in [3.63, 3.8) is 0 Å². The van der Waals surface area contributed by atoms with Crippen molar-refractivity contribution in [2.45, 2.75) is 25.9 Å². The van der Waals surface area contributed by atoms with Crippen LogP contribution >= 0.6 is 0 Å². The second-order valence-electron chi connectivity index (χ2n) is 5.45. The van der Waals surface area contributed by atoms with Crippen LogP contribution in [0.15, 0.2) is 43.0 Å². The lowest BCUT2D eigenvalue weighted by molar-refractivity contribution is 0.236. The van der Waals surface area contributed by atoms with Crippen LogP contribution in [0.5, 0.6) is 5.75 Å². The summed E-state index contributed by atoms with van der Waals surface area (Å²) in [6.07, 6.45) is 11.2. The minimum absolute atomic E-state index is 0.0202. The van der Waals surface area contributed by atoms with Gasteiger partial charge in [-0.15, -0.1) is 6.42 Å². The van der Waals surface area contributed by atoms with E-state index in [0.717, 1.165) is 17.7 Å². The van der Waals surface area contributed by atoms with Crippen molar-refractivity contribution in [3.8, 4) is 18.1 Å². The Balaban J connectivity index is 1.65. The number of aromatic nitrogens is 2. The molecule has 0 spiro atoms. The molecule has 2 N–H and O–H groups in total. The van der Waals surface area contributed by atoms with Crippen LogP contribution in [0.1, 0.15) is 12.5 Å². The highest BCUT2D eigenvalue weighted by Gasteiger charge is 2.07. The number of imidazole rings is 1. The molecule has 1 aromatic carbocycles. The van der Waals surface area contributed by atoms with Gasteiger partial charge in [0.1, 0.15) is 12.4 Å². The average Bonchev–Trinajstić information content (AvgIpc) is 3.06. The van der Waals surface area contributed by atoms with E-state index >= 15 is 0 Å². The minimum Gasteiger partial charge on any atom is -0.481 e. The number of benzene rings is 1. The lowest BCUT2D eigenvalue weighted by Crippen LogP contribution is -2.43. The third-order valence-corrected chi connectivity index (χ3v) is 3.37. The molecular weight excluding hydrogens is 304 g/mol. The summed E-state index contributed by atoms with van der Waals surface area (Å²) < 4.78 is 7.24. The Morgan fingerprint density at radius 3 is 2.88 bits per heavy atom. The molecule has 2 aromatic rings. The fraction of sp³-hybridized carbons (Fsp3) is 0.333. The quantitative estimate of drug-likeness (QED) is 0.727. The van der Waals surface area contributed by atoms with Gasteiger partial charge in [-0.1, -0.05) is 18.1 Å². The zero-order valence-electron chi connectivity index (χ0n) is 13.7. The number of amides is 2. The van der Waals surface area contributed by atoms with Crippen LogP contribution < -0.4 is 15.4 Å². The largest absolute Gasteiger partial charge is 0.481 e. The van der Waals surface area contributed by atoms with E-state index in [9.17, 15) is 4.79 Å². The Bertz CT molecular complexity index is 659. The average molecular weight is 326 g/mol. The number of ether oxygens (including phenoxy) is 1. The van der Waals surface area contributed by atoms with Crippen molar-refractivity contribution >= 4 is 6.03 Å². The predicted octanol–water partition coefficient (Wildman–Crippen LogP) is 1.83. The van der Waals surface area contributed by atoms with Crippen LogP contribution in [0.2, 0.25) is 0 Å². The number of carbonyl (C=O) groups is 1. The predicted molar refractivity (Wildman–Crippen MR) is 92.7 cm³/mol. The number of nitrogens with zero attached hydrogens (tertiary/aromatic N) is 2. The van der Waals surface area contributed by atoms with Gasteiger partial charge in [0, 0.05) is 31.5 Å². The Kier molecular flexibility index (Phi) is 6.72. The normalized spacial score (nSPS) is 11.3. The van der Waals surface area contributed by atoms with Gasteiger partial charge in [-0.05, 0) is 31.0 Å². The van der Waals surface area contributed by atoms with Crippen LogP contribution in [0.25, 0.3) is 0 Å². The number of hydrogen-bond donors (Lipinski definition) is 2. The Hall–Kier alpha value is -2.94. The van der Waals surface area contributed by atoms with Crippen molar-refractivity contribution in [2.24, 2.45) is 0 Å². The van der Waals surface area contributed by atoms with Gasteiger partial charge in [-0.3, -0.25) is 0 Å². The van der Waals surface area contributed by atoms with E-state index in [2.05, 4.69) is 21.5 Å². The van der Waals surface area contributed by atoms with Crippen molar-refractivity contribution in [3.05, 3.63) is 48.5 Å². The molecule has 1 aromatic heterocycles. The van der Waals surface area contributed by atoms with Gasteiger partial charge in [-0.25, -0.2) is 9.78 Å². The van der Waals surface area contributed by atoms with Gasteiger partial charge in [0.05, 0.1) is 6.33 Å². The summed E-state index contributed by atoms with van der Waals surface area (Å²) in [5.74, 6) is 3.17. The number of terminal acetylenes is 1. The summed E-state index contributed by atoms with van der Waals surface area (Å²) in [5.41, 5.74) is 1.12. The summed E-state index contributed by atoms with van der Waals surface area (Å²) >= 11 is 0. The summed E-state index contributed by atoms with van der Waals surface area (Å²) in [7, 11) is 0. The molecule has 1 atom stereocenters. The first-order valence-corrected chi connectivity index (χ1v) is 7.82. The Labute approximate surface area is 142 Å². The van der Waals surface area contributed by atoms with E-state index < -0.39 is 0 Å². The zero-order chi connectivity index (χ0) is 17.2. The van der Waals surface area contributed by atoms with Crippen LogP contribution in [-0.2, 0) is 13.0 Å². The van der Waals surface area contributed by atoms with Gasteiger partial charge >= 0.3 is 6.03 Å². The maximum atomic E-state index is 11.9. The Morgan fingerprint density at radius 1 is 1.42 bits per heavy atom. The second kappa shape index (κ2) is 9.26. The zero-order valence-corrected chi connectivity index (χ0v) is 13.7. The number of nitrogens with one attached hydrogen (secondary N) is 2. The summed E-state index contributed by atoms with van der Waals surface area (Å²) in [6, 6.07) is 7.53. The number of hydrogen-bond acceptors (Lipinski definition) is 3. The van der Waals surface area contributed by atoms with Gasteiger partial charge in [0.15, 0.2) is 0 Å². The molecule has 6 heteroatoms. The lowest BCUT2D eigenvalue weighted by atomic mass is 10.1. The first-order chi connectivity index (χ1) is 11.7. The number of urea groups is 1. The second-order valence-corrected chi connectivity index (χ2v) is 5.45. The third kappa shape index (κ3) is 6.05. The lowest BCUT2D eigenvalue weighted by Gasteiger charge is -2.15. The maximum absolute atomic E-state index is 11.9. The first-order valence-electron chi connectivity index (χ1n) is 7.82. The molecule has 0 saturated heterocycles. The molecule has 0 radical (unpaired) electrons. The minimum atomic E-state index is -0.170. The molecule has 0 bridgehead atoms. The molecule has 0 unspecified atom stereocenters. The van der Waals surface area contributed by atoms with Crippen molar-refractivity contribution in [1.82, 2.24) is 20.2 Å². The highest BCUT2D eigenvalue weighted by molar-refractivity contribution is 5.74. The number of carbonyl (C=O) groups excluding carboxylic acids is 1. The molecule has 126 valence electrons. The maximum Gasteiger partial charge on any atom is 0.315 e. The van der Waals surface area contributed by atoms with E-state index in [1.54, 1.807) is 12.5 Å². The monoisotopic (exact) mass is 326 g/mol. The fourth-order valence-corrected chi connectivity index (χ4v) is 2.23. The highest BCUT2D eigenvalue weighted by atomic mass is 16.5. The van der Waals surface area contributed by atoms with Gasteiger partial charge in [0.25, 0.3) is 0 Å². The molecule has 0 fully saturated rings. The summed E-state index contributed by atoms with van der Waals surface area (Å²) in [6.45, 7) is 3.47. The molecular formula is C18H22N4O2. The molecule has 2 rings (SSSR count). The summed E-state index contributed by atoms with van der Waals surface area (Å²) in [5, 5.41) is 5.76. The molecule has 24 heavy (non-hydrogen) atoms. The van der Waals surface area contributed by atoms with Gasteiger partial charge in [-0.2, -0.15) is 0 Å². The molecule has 0 aliphatic carbocycles. The molecule has 0 aliphatic rings. The van der Waals surface area contributed by atoms with E-state index in [1.807, 2.05) is 42.0 Å². The SMILES string of the molecule is C#CCOc1ccc(CCNC(=O)N[C@@H](C)Cn2ccnc2)cc1. The molecule has 6 nitrogen and oxygen atoms in total. The fourth-order valence-electron chi connectivity index (χ4n) is 2.23.